The molecule has 0 N–H and O–H groups in total. The van der Waals surface area contributed by atoms with Gasteiger partial charge in [0.05, 0.1) is 30.8 Å². The number of ether oxygens (including phenoxy) is 13. The lowest BCUT2D eigenvalue weighted by Gasteiger charge is -2.44. The molecule has 3 aliphatic rings. The summed E-state index contributed by atoms with van der Waals surface area (Å²) < 4.78 is 74.7. The molecule has 3 aliphatic heterocycles. The van der Waals surface area contributed by atoms with E-state index in [9.17, 15) is 52.7 Å². The molecule has 69 heavy (non-hydrogen) atoms. The molecule has 0 spiro atoms. The Morgan fingerprint density at radius 1 is 0.464 bits per heavy atom. The second kappa shape index (κ2) is 22.1. The van der Waals surface area contributed by atoms with Gasteiger partial charge in [-0.05, 0) is 17.7 Å². The lowest BCUT2D eigenvalue weighted by molar-refractivity contribution is -0.228. The quantitative estimate of drug-likeness (QED) is 0.158. The van der Waals surface area contributed by atoms with Gasteiger partial charge < -0.3 is 61.6 Å². The van der Waals surface area contributed by atoms with Crippen molar-refractivity contribution in [1.29, 1.82) is 0 Å². The van der Waals surface area contributed by atoms with E-state index in [1.807, 2.05) is 0 Å². The summed E-state index contributed by atoms with van der Waals surface area (Å²) in [6, 6.07) is 3.83. The molecule has 24 heteroatoms. The highest BCUT2D eigenvalue weighted by Gasteiger charge is 2.55. The molecule has 3 heterocycles. The zero-order chi connectivity index (χ0) is 51.2. The predicted octanol–water partition coefficient (Wildman–Crippen LogP) is 2.83. The Bertz CT molecular complexity index is 2450. The number of hydrogen-bond donors (Lipinski definition) is 0. The summed E-state index contributed by atoms with van der Waals surface area (Å²) in [5.74, 6) is -13.0. The summed E-state index contributed by atoms with van der Waals surface area (Å²) in [5.41, 5.74) is -1.58. The maximum atomic E-state index is 15.0. The Kier molecular flexibility index (Phi) is 16.8. The van der Waals surface area contributed by atoms with Crippen molar-refractivity contribution in [2.45, 2.75) is 131 Å². The van der Waals surface area contributed by atoms with Gasteiger partial charge in [-0.25, -0.2) is 0 Å². The second-order valence-electron chi connectivity index (χ2n) is 15.6. The van der Waals surface area contributed by atoms with Gasteiger partial charge in [0.1, 0.15) is 35.4 Å². The molecule has 1 unspecified atom stereocenters. The van der Waals surface area contributed by atoms with Crippen molar-refractivity contribution >= 4 is 65.5 Å². The van der Waals surface area contributed by atoms with E-state index < -0.39 is 174 Å². The molecule has 0 radical (unpaired) electrons. The topological polar surface area (TPSA) is 308 Å². The minimum Gasteiger partial charge on any atom is -0.484 e. The molecule has 2 aromatic rings. The molecule has 0 amide bonds. The average Bonchev–Trinajstić information content (AvgIpc) is 3.20. The number of hydrogen-bond acceptors (Lipinski definition) is 24. The fraction of sp³-hybridized carbons (Fsp3) is 0.489. The van der Waals surface area contributed by atoms with Crippen LogP contribution in [0.25, 0.3) is 0 Å². The minimum absolute atomic E-state index is 0.0966. The third-order valence-corrected chi connectivity index (χ3v) is 9.95. The van der Waals surface area contributed by atoms with E-state index in [1.165, 1.54) is 18.2 Å². The van der Waals surface area contributed by atoms with E-state index in [2.05, 4.69) is 0 Å². The van der Waals surface area contributed by atoms with Crippen molar-refractivity contribution in [3.63, 3.8) is 0 Å². The Balaban J connectivity index is 1.96. The Labute approximate surface area is 392 Å². The maximum Gasteiger partial charge on any atom is 0.308 e. The van der Waals surface area contributed by atoms with Crippen LogP contribution in [0.3, 0.4) is 0 Å². The highest BCUT2D eigenvalue weighted by molar-refractivity contribution is 6.05. The molecule has 0 bridgehead atoms. The number of rotatable bonds is 13. The standard InChI is InChI=1S/C45H48O24/c1-17(46)59-29-12-11-27(13-31(29)60-18(2)47)30-14-28(56)34-39(65-23(7)52)35(42-44(67-25(9)54)37(63-21(5)50)32(15-57-42)61-19(3)48)41(66-24(8)53)36(40(34)69-30)43-45(68-26(10)55)38(64-22(6)51)33(16-58-43)62-20(4)49/h11-13,30,32-33,37-38,42-45H,14-16H2,1-10H3/t30?,32-,33-,37+,38+,42+,43+,44-,45-/m1/s1. The van der Waals surface area contributed by atoms with Crippen molar-refractivity contribution in [3.05, 3.63) is 40.5 Å². The summed E-state index contributed by atoms with van der Waals surface area (Å²) >= 11 is 0. The van der Waals surface area contributed by atoms with Crippen LogP contribution in [0.15, 0.2) is 18.2 Å². The molecular weight excluding hydrogens is 924 g/mol. The number of carbonyl (C=O) groups is 11. The van der Waals surface area contributed by atoms with E-state index in [-0.39, 0.29) is 17.1 Å². The smallest absolute Gasteiger partial charge is 0.308 e. The molecule has 0 saturated carbocycles. The molecule has 0 aromatic heterocycles. The van der Waals surface area contributed by atoms with Gasteiger partial charge >= 0.3 is 59.7 Å². The first-order valence-corrected chi connectivity index (χ1v) is 20.9. The van der Waals surface area contributed by atoms with Gasteiger partial charge in [-0.15, -0.1) is 0 Å². The van der Waals surface area contributed by atoms with Crippen LogP contribution in [0, 0.1) is 0 Å². The van der Waals surface area contributed by atoms with Crippen LogP contribution in [0.5, 0.6) is 28.7 Å². The Morgan fingerprint density at radius 2 is 0.870 bits per heavy atom. The number of carbonyl (C=O) groups excluding carboxylic acids is 11. The molecular formula is C45H48O24. The molecule has 372 valence electrons. The van der Waals surface area contributed by atoms with Crippen molar-refractivity contribution in [2.75, 3.05) is 13.2 Å². The van der Waals surface area contributed by atoms with Crippen molar-refractivity contribution in [3.8, 4) is 28.7 Å². The molecule has 5 rings (SSSR count). The van der Waals surface area contributed by atoms with Crippen LogP contribution >= 0.6 is 0 Å². The van der Waals surface area contributed by atoms with Crippen molar-refractivity contribution in [2.24, 2.45) is 0 Å². The van der Waals surface area contributed by atoms with Gasteiger partial charge in [0, 0.05) is 69.2 Å². The normalized spacial score (nSPS) is 23.8. The van der Waals surface area contributed by atoms with E-state index in [0.29, 0.717) is 0 Å². The fourth-order valence-electron chi connectivity index (χ4n) is 7.94. The van der Waals surface area contributed by atoms with E-state index in [0.717, 1.165) is 69.2 Å². The number of benzene rings is 2. The molecule has 2 aromatic carbocycles. The first kappa shape index (κ1) is 52.5. The van der Waals surface area contributed by atoms with Crippen LogP contribution in [-0.4, -0.2) is 115 Å². The van der Waals surface area contributed by atoms with E-state index in [1.54, 1.807) is 0 Å². The van der Waals surface area contributed by atoms with Crippen LogP contribution < -0.4 is 23.7 Å². The third kappa shape index (κ3) is 12.7. The summed E-state index contributed by atoms with van der Waals surface area (Å²) in [4.78, 5) is 142. The van der Waals surface area contributed by atoms with Crippen LogP contribution in [0.2, 0.25) is 0 Å². The van der Waals surface area contributed by atoms with Gasteiger partial charge in [0.25, 0.3) is 0 Å². The fourth-order valence-corrected chi connectivity index (χ4v) is 7.94. The molecule has 24 nitrogen and oxygen atoms in total. The first-order chi connectivity index (χ1) is 32.4. The molecule has 0 aliphatic carbocycles. The van der Waals surface area contributed by atoms with Crippen molar-refractivity contribution < 1.29 is 114 Å². The zero-order valence-electron chi connectivity index (χ0n) is 38.8. The van der Waals surface area contributed by atoms with Gasteiger partial charge in [0.2, 0.25) is 0 Å². The third-order valence-electron chi connectivity index (χ3n) is 9.95. The second-order valence-corrected chi connectivity index (χ2v) is 15.6. The van der Waals surface area contributed by atoms with Crippen molar-refractivity contribution in [1.82, 2.24) is 0 Å². The Morgan fingerprint density at radius 3 is 1.30 bits per heavy atom. The monoisotopic (exact) mass is 972 g/mol. The summed E-state index contributed by atoms with van der Waals surface area (Å²) in [5, 5.41) is 0. The molecule has 2 saturated heterocycles. The number of Topliss-reactive ketones (excluding diaryl/α,β-unsaturated/α-hetero) is 1. The lowest BCUT2D eigenvalue weighted by Crippen LogP contribution is -2.55. The highest BCUT2D eigenvalue weighted by atomic mass is 16.7. The first-order valence-electron chi connectivity index (χ1n) is 20.9. The maximum absolute atomic E-state index is 15.0. The average molecular weight is 973 g/mol. The van der Waals surface area contributed by atoms with Gasteiger partial charge in [-0.3, -0.25) is 52.7 Å². The van der Waals surface area contributed by atoms with Gasteiger partial charge in [0.15, 0.2) is 59.7 Å². The SMILES string of the molecule is CC(=O)Oc1ccc(C2CC(=O)c3c(OC(C)=O)c([C@@H]4OC[C@@H](OC(C)=O)[C@H](OC(C)=O)[C@H]4OC(C)=O)c(OC(C)=O)c([C@@H]4OC[C@@H](OC(C)=O)[C@H](OC(C)=O)[C@H]4OC(C)=O)c3O2)cc1OC(C)=O. The number of ketones is 1. The zero-order valence-corrected chi connectivity index (χ0v) is 38.8. The summed E-state index contributed by atoms with van der Waals surface area (Å²) in [6.07, 6.45) is -15.9. The van der Waals surface area contributed by atoms with E-state index in [4.69, 9.17) is 61.6 Å². The molecule has 2 fully saturated rings. The predicted molar refractivity (Wildman–Crippen MR) is 221 cm³/mol. The number of fused-ring (bicyclic) bond motifs is 1. The van der Waals surface area contributed by atoms with Gasteiger partial charge in [-0.1, -0.05) is 6.07 Å². The largest absolute Gasteiger partial charge is 0.484 e. The lowest BCUT2D eigenvalue weighted by atomic mass is 9.83. The Hall–Kier alpha value is -7.47. The summed E-state index contributed by atoms with van der Waals surface area (Å²) in [7, 11) is 0. The summed E-state index contributed by atoms with van der Waals surface area (Å²) in [6.45, 7) is 8.75. The molecule has 9 atom stereocenters. The van der Waals surface area contributed by atoms with Crippen LogP contribution in [-0.2, 0) is 85.8 Å². The van der Waals surface area contributed by atoms with E-state index >= 15 is 0 Å². The number of esters is 10. The van der Waals surface area contributed by atoms with Crippen LogP contribution in [0.1, 0.15) is 121 Å². The van der Waals surface area contributed by atoms with Gasteiger partial charge in [-0.2, -0.15) is 0 Å². The minimum atomic E-state index is -1.91. The highest BCUT2D eigenvalue weighted by Crippen LogP contribution is 2.57. The van der Waals surface area contributed by atoms with Crippen LogP contribution in [0.4, 0.5) is 0 Å².